The van der Waals surface area contributed by atoms with E-state index >= 15 is 0 Å². The lowest BCUT2D eigenvalue weighted by Gasteiger charge is -2.10. The standard InChI is InChI=1S/C24H20N8/c1-3-9-18(10-4-1)27-22-29-23(28-19-11-5-2-6-12-19)31-24(30-22)32-26-16-17-15-25-21-14-8-7-13-20(17)21/h1-16,25H,(H3,27,28,29,30,31,32)/b26-16-. The maximum absolute atomic E-state index is 4.48. The lowest BCUT2D eigenvalue weighted by molar-refractivity contribution is 1.04. The number of nitrogens with one attached hydrogen (secondary N) is 4. The molecule has 5 rings (SSSR count). The van der Waals surface area contributed by atoms with E-state index in [1.807, 2.05) is 91.1 Å². The van der Waals surface area contributed by atoms with Crippen LogP contribution in [0, 0.1) is 0 Å². The number of aromatic nitrogens is 4. The molecule has 0 saturated heterocycles. The molecule has 2 heterocycles. The van der Waals surface area contributed by atoms with Gasteiger partial charge in [-0.1, -0.05) is 54.6 Å². The number of hydrogen-bond acceptors (Lipinski definition) is 7. The first kappa shape index (κ1) is 19.3. The lowest BCUT2D eigenvalue weighted by Crippen LogP contribution is -2.07. The lowest BCUT2D eigenvalue weighted by atomic mass is 10.2. The SMILES string of the molecule is C(=N/Nc1nc(Nc2ccccc2)nc(Nc2ccccc2)n1)/c1c[nH]c2ccccc12. The maximum Gasteiger partial charge on any atom is 0.250 e. The van der Waals surface area contributed by atoms with Crippen molar-refractivity contribution in [3.63, 3.8) is 0 Å². The van der Waals surface area contributed by atoms with E-state index in [1.54, 1.807) is 6.21 Å². The van der Waals surface area contributed by atoms with Crippen molar-refractivity contribution in [2.24, 2.45) is 5.10 Å². The largest absolute Gasteiger partial charge is 0.361 e. The van der Waals surface area contributed by atoms with Gasteiger partial charge >= 0.3 is 0 Å². The summed E-state index contributed by atoms with van der Waals surface area (Å²) in [5, 5.41) is 11.8. The van der Waals surface area contributed by atoms with Crippen LogP contribution in [0.3, 0.4) is 0 Å². The number of aromatic amines is 1. The van der Waals surface area contributed by atoms with Gasteiger partial charge in [0, 0.05) is 34.0 Å². The number of hydrogen-bond donors (Lipinski definition) is 4. The Morgan fingerprint density at radius 1 is 0.656 bits per heavy atom. The predicted molar refractivity (Wildman–Crippen MR) is 129 cm³/mol. The first-order valence-corrected chi connectivity index (χ1v) is 10.1. The van der Waals surface area contributed by atoms with Crippen LogP contribution in [-0.4, -0.2) is 26.2 Å². The van der Waals surface area contributed by atoms with Crippen LogP contribution >= 0.6 is 0 Å². The molecule has 0 bridgehead atoms. The Kier molecular flexibility index (Phi) is 5.40. The summed E-state index contributed by atoms with van der Waals surface area (Å²) in [6, 6.07) is 27.5. The topological polar surface area (TPSA) is 103 Å². The highest BCUT2D eigenvalue weighted by Gasteiger charge is 2.08. The van der Waals surface area contributed by atoms with Crippen molar-refractivity contribution in [1.29, 1.82) is 0 Å². The van der Waals surface area contributed by atoms with Crippen LogP contribution in [0.25, 0.3) is 10.9 Å². The van der Waals surface area contributed by atoms with Gasteiger partial charge in [-0.05, 0) is 30.3 Å². The number of benzene rings is 3. The highest BCUT2D eigenvalue weighted by molar-refractivity contribution is 5.99. The second-order valence-electron chi connectivity index (χ2n) is 6.95. The first-order valence-electron chi connectivity index (χ1n) is 10.1. The minimum absolute atomic E-state index is 0.313. The molecule has 4 N–H and O–H groups in total. The number of anilines is 5. The fourth-order valence-electron chi connectivity index (χ4n) is 3.20. The van der Waals surface area contributed by atoms with Crippen molar-refractivity contribution in [1.82, 2.24) is 19.9 Å². The average molecular weight is 420 g/mol. The van der Waals surface area contributed by atoms with E-state index in [-0.39, 0.29) is 0 Å². The number of H-pyrrole nitrogens is 1. The molecule has 0 spiro atoms. The summed E-state index contributed by atoms with van der Waals surface area (Å²) in [7, 11) is 0. The Bertz CT molecular complexity index is 1290. The molecule has 5 aromatic rings. The van der Waals surface area contributed by atoms with Gasteiger partial charge in [0.25, 0.3) is 0 Å². The molecule has 156 valence electrons. The molecule has 0 unspecified atom stereocenters. The third-order valence-corrected chi connectivity index (χ3v) is 4.68. The van der Waals surface area contributed by atoms with E-state index in [2.05, 4.69) is 41.1 Å². The molecule has 8 nitrogen and oxygen atoms in total. The monoisotopic (exact) mass is 420 g/mol. The summed E-state index contributed by atoms with van der Waals surface area (Å²) >= 11 is 0. The maximum atomic E-state index is 4.48. The van der Waals surface area contributed by atoms with Crippen LogP contribution in [0.1, 0.15) is 5.56 Å². The molecule has 0 aliphatic heterocycles. The van der Waals surface area contributed by atoms with E-state index in [1.165, 1.54) is 0 Å². The summed E-state index contributed by atoms with van der Waals surface area (Å²) in [6.07, 6.45) is 3.64. The molecule has 8 heteroatoms. The quantitative estimate of drug-likeness (QED) is 0.211. The van der Waals surface area contributed by atoms with Crippen molar-refractivity contribution in [3.05, 3.63) is 96.7 Å². The molecular formula is C24H20N8. The van der Waals surface area contributed by atoms with Gasteiger partial charge in [0.05, 0.1) is 6.21 Å². The predicted octanol–water partition coefficient (Wildman–Crippen LogP) is 5.29. The van der Waals surface area contributed by atoms with Gasteiger partial charge in [0.2, 0.25) is 17.8 Å². The van der Waals surface area contributed by atoms with Crippen molar-refractivity contribution in [2.75, 3.05) is 16.1 Å². The summed E-state index contributed by atoms with van der Waals surface area (Å²) in [5.74, 6) is 1.11. The molecule has 0 aliphatic carbocycles. The zero-order chi connectivity index (χ0) is 21.6. The molecule has 0 aliphatic rings. The van der Waals surface area contributed by atoms with Gasteiger partial charge in [-0.3, -0.25) is 0 Å². The number of rotatable bonds is 7. The average Bonchev–Trinajstić information content (AvgIpc) is 3.23. The Labute approximate surface area is 184 Å². The summed E-state index contributed by atoms with van der Waals surface area (Å²) in [5.41, 5.74) is 6.68. The van der Waals surface area contributed by atoms with Crippen LogP contribution in [-0.2, 0) is 0 Å². The van der Waals surface area contributed by atoms with Crippen LogP contribution in [0.15, 0.2) is 96.2 Å². The molecule has 0 atom stereocenters. The molecule has 0 amide bonds. The van der Waals surface area contributed by atoms with Crippen molar-refractivity contribution in [2.45, 2.75) is 0 Å². The second kappa shape index (κ2) is 8.97. The van der Waals surface area contributed by atoms with Gasteiger partial charge in [0.15, 0.2) is 0 Å². The van der Waals surface area contributed by atoms with Gasteiger partial charge < -0.3 is 15.6 Å². The number of fused-ring (bicyclic) bond motifs is 1. The van der Waals surface area contributed by atoms with Crippen LogP contribution in [0.2, 0.25) is 0 Å². The summed E-state index contributed by atoms with van der Waals surface area (Å²) in [6.45, 7) is 0. The molecule has 3 aromatic carbocycles. The second-order valence-corrected chi connectivity index (χ2v) is 6.95. The third-order valence-electron chi connectivity index (χ3n) is 4.68. The third kappa shape index (κ3) is 4.54. The summed E-state index contributed by atoms with van der Waals surface area (Å²) in [4.78, 5) is 16.6. The van der Waals surface area contributed by atoms with Crippen molar-refractivity contribution >= 4 is 46.3 Å². The van der Waals surface area contributed by atoms with Gasteiger partial charge in [0.1, 0.15) is 0 Å². The Morgan fingerprint density at radius 3 is 1.88 bits per heavy atom. The van der Waals surface area contributed by atoms with E-state index in [0.717, 1.165) is 27.8 Å². The minimum atomic E-state index is 0.313. The molecule has 32 heavy (non-hydrogen) atoms. The fourth-order valence-corrected chi connectivity index (χ4v) is 3.20. The zero-order valence-electron chi connectivity index (χ0n) is 17.0. The van der Waals surface area contributed by atoms with E-state index in [9.17, 15) is 0 Å². The molecular weight excluding hydrogens is 400 g/mol. The summed E-state index contributed by atoms with van der Waals surface area (Å²) < 4.78 is 0. The van der Waals surface area contributed by atoms with Gasteiger partial charge in [-0.15, -0.1) is 0 Å². The normalized spacial score (nSPS) is 11.0. The Hall–Kier alpha value is -4.72. The fraction of sp³-hybridized carbons (Fsp3) is 0. The van der Waals surface area contributed by atoms with Crippen molar-refractivity contribution in [3.8, 4) is 0 Å². The minimum Gasteiger partial charge on any atom is -0.361 e. The van der Waals surface area contributed by atoms with Crippen molar-refractivity contribution < 1.29 is 0 Å². The van der Waals surface area contributed by atoms with Crippen LogP contribution in [0.4, 0.5) is 29.2 Å². The molecule has 0 radical (unpaired) electrons. The highest BCUT2D eigenvalue weighted by Crippen LogP contribution is 2.19. The smallest absolute Gasteiger partial charge is 0.250 e. The van der Waals surface area contributed by atoms with Crippen LogP contribution in [0.5, 0.6) is 0 Å². The van der Waals surface area contributed by atoms with E-state index in [0.29, 0.717) is 17.8 Å². The molecule has 2 aromatic heterocycles. The van der Waals surface area contributed by atoms with Gasteiger partial charge in [-0.25, -0.2) is 5.43 Å². The number of para-hydroxylation sites is 3. The first-order chi connectivity index (χ1) is 15.8. The van der Waals surface area contributed by atoms with Gasteiger partial charge in [-0.2, -0.15) is 20.1 Å². The van der Waals surface area contributed by atoms with E-state index < -0.39 is 0 Å². The zero-order valence-corrected chi connectivity index (χ0v) is 17.0. The molecule has 0 fully saturated rings. The number of hydrazone groups is 1. The highest BCUT2D eigenvalue weighted by atomic mass is 15.4. The Morgan fingerprint density at radius 2 is 1.22 bits per heavy atom. The number of nitrogens with zero attached hydrogens (tertiary/aromatic N) is 4. The van der Waals surface area contributed by atoms with E-state index in [4.69, 9.17) is 0 Å². The van der Waals surface area contributed by atoms with Crippen LogP contribution < -0.4 is 16.1 Å². The Balaban J connectivity index is 1.40. The molecule has 0 saturated carbocycles.